The molecule has 1 aromatic heterocycles. The van der Waals surface area contributed by atoms with E-state index in [2.05, 4.69) is 4.99 Å². The average molecular weight is 535 g/mol. The van der Waals surface area contributed by atoms with Crippen molar-refractivity contribution < 1.29 is 28.6 Å². The standard InChI is InChI=1S/C28H26N2O7S/c1-15(2)37-27(34)22-16(3)29-28-30(23(22)18-10-12-20(13-11-18)26(33)36-5)24(31)21(38-28)14-17-6-8-19(9-7-17)25(32)35-4/h6-15,23H,1-5H3. The smallest absolute Gasteiger partial charge is 0.338 e. The third kappa shape index (κ3) is 5.21. The SMILES string of the molecule is COC(=O)c1ccc(C=c2sc3n(c2=O)C(c2ccc(C(=O)OC)cc2)C(C(=O)OC(C)C)=C(C)N=3)cc1. The first-order chi connectivity index (χ1) is 18.1. The van der Waals surface area contributed by atoms with E-state index in [1.54, 1.807) is 75.4 Å². The number of carbonyl (C=O) groups excluding carboxylic acids is 3. The molecule has 0 N–H and O–H groups in total. The lowest BCUT2D eigenvalue weighted by Crippen LogP contribution is -2.40. The Morgan fingerprint density at radius 3 is 2.00 bits per heavy atom. The Labute approximate surface area is 222 Å². The number of nitrogens with zero attached hydrogens (tertiary/aromatic N) is 2. The van der Waals surface area contributed by atoms with E-state index >= 15 is 0 Å². The minimum absolute atomic E-state index is 0.242. The van der Waals surface area contributed by atoms with E-state index in [1.807, 2.05) is 0 Å². The summed E-state index contributed by atoms with van der Waals surface area (Å²) in [7, 11) is 2.60. The first-order valence-electron chi connectivity index (χ1n) is 11.7. The number of thiazole rings is 1. The van der Waals surface area contributed by atoms with Gasteiger partial charge >= 0.3 is 17.9 Å². The molecule has 2 heterocycles. The highest BCUT2D eigenvalue weighted by Gasteiger charge is 2.34. The lowest BCUT2D eigenvalue weighted by molar-refractivity contribution is -0.143. The highest BCUT2D eigenvalue weighted by atomic mass is 32.1. The van der Waals surface area contributed by atoms with Gasteiger partial charge in [-0.15, -0.1) is 0 Å². The molecule has 4 rings (SSSR count). The lowest BCUT2D eigenvalue weighted by atomic mass is 9.95. The largest absolute Gasteiger partial charge is 0.465 e. The molecule has 3 aromatic rings. The van der Waals surface area contributed by atoms with Crippen LogP contribution in [0.2, 0.25) is 0 Å². The third-order valence-corrected chi connectivity index (χ3v) is 6.84. The molecule has 0 saturated carbocycles. The molecule has 1 unspecified atom stereocenters. The second-order valence-corrected chi connectivity index (χ2v) is 9.77. The summed E-state index contributed by atoms with van der Waals surface area (Å²) in [5.74, 6) is -1.52. The lowest BCUT2D eigenvalue weighted by Gasteiger charge is -2.25. The van der Waals surface area contributed by atoms with Gasteiger partial charge in [0.05, 0.1) is 53.3 Å². The summed E-state index contributed by atoms with van der Waals surface area (Å²) in [6, 6.07) is 12.4. The number of aromatic nitrogens is 1. The van der Waals surface area contributed by atoms with Crippen molar-refractivity contribution in [3.8, 4) is 0 Å². The second kappa shape index (κ2) is 11.0. The van der Waals surface area contributed by atoms with Crippen LogP contribution >= 0.6 is 11.3 Å². The Balaban J connectivity index is 1.87. The zero-order valence-corrected chi connectivity index (χ0v) is 22.3. The van der Waals surface area contributed by atoms with Crippen LogP contribution in [-0.2, 0) is 19.0 Å². The van der Waals surface area contributed by atoms with Gasteiger partial charge in [-0.3, -0.25) is 9.36 Å². The monoisotopic (exact) mass is 534 g/mol. The number of esters is 3. The maximum Gasteiger partial charge on any atom is 0.338 e. The molecule has 0 saturated heterocycles. The van der Waals surface area contributed by atoms with Gasteiger partial charge in [-0.05, 0) is 62.2 Å². The quantitative estimate of drug-likeness (QED) is 0.353. The van der Waals surface area contributed by atoms with E-state index in [1.165, 1.54) is 30.1 Å². The zero-order chi connectivity index (χ0) is 27.6. The van der Waals surface area contributed by atoms with E-state index < -0.39 is 23.9 Å². The molecule has 0 spiro atoms. The van der Waals surface area contributed by atoms with Crippen molar-refractivity contribution in [1.82, 2.24) is 4.57 Å². The summed E-state index contributed by atoms with van der Waals surface area (Å²) in [4.78, 5) is 55.6. The summed E-state index contributed by atoms with van der Waals surface area (Å²) in [5, 5.41) is 0. The molecule has 0 fully saturated rings. The summed E-state index contributed by atoms with van der Waals surface area (Å²) >= 11 is 1.19. The van der Waals surface area contributed by atoms with Crippen LogP contribution in [0.3, 0.4) is 0 Å². The van der Waals surface area contributed by atoms with Gasteiger partial charge < -0.3 is 14.2 Å². The molecule has 2 aromatic carbocycles. The summed E-state index contributed by atoms with van der Waals surface area (Å²) in [6.45, 7) is 5.19. The maximum absolute atomic E-state index is 13.7. The highest BCUT2D eigenvalue weighted by molar-refractivity contribution is 7.07. The summed E-state index contributed by atoms with van der Waals surface area (Å²) in [6.07, 6.45) is 1.33. The topological polar surface area (TPSA) is 113 Å². The Kier molecular flexibility index (Phi) is 7.72. The van der Waals surface area contributed by atoms with Gasteiger partial charge in [0.2, 0.25) is 0 Å². The third-order valence-electron chi connectivity index (χ3n) is 5.86. The number of methoxy groups -OCH3 is 2. The molecule has 1 atom stereocenters. The van der Waals surface area contributed by atoms with Crippen LogP contribution in [-0.4, -0.2) is 42.8 Å². The number of hydrogen-bond acceptors (Lipinski definition) is 9. The number of rotatable bonds is 6. The fourth-order valence-corrected chi connectivity index (χ4v) is 5.13. The van der Waals surface area contributed by atoms with Gasteiger partial charge in [-0.25, -0.2) is 19.4 Å². The molecule has 1 aliphatic rings. The molecule has 0 radical (unpaired) electrons. The van der Waals surface area contributed by atoms with Crippen molar-refractivity contribution in [2.24, 2.45) is 4.99 Å². The molecular formula is C28H26N2O7S. The van der Waals surface area contributed by atoms with E-state index in [0.29, 0.717) is 37.3 Å². The molecule has 10 heteroatoms. The Bertz CT molecular complexity index is 1610. The minimum Gasteiger partial charge on any atom is -0.465 e. The van der Waals surface area contributed by atoms with Crippen LogP contribution in [0.1, 0.15) is 58.7 Å². The minimum atomic E-state index is -0.812. The molecule has 9 nitrogen and oxygen atoms in total. The first-order valence-corrected chi connectivity index (χ1v) is 12.6. The summed E-state index contributed by atoms with van der Waals surface area (Å²) in [5.41, 5.74) is 2.39. The van der Waals surface area contributed by atoms with Gasteiger partial charge in [0.15, 0.2) is 4.80 Å². The Morgan fingerprint density at radius 1 is 0.921 bits per heavy atom. The van der Waals surface area contributed by atoms with E-state index in [-0.39, 0.29) is 17.2 Å². The number of hydrogen-bond donors (Lipinski definition) is 0. The molecule has 0 amide bonds. The number of ether oxygens (including phenoxy) is 3. The van der Waals surface area contributed by atoms with Crippen molar-refractivity contribution in [2.75, 3.05) is 14.2 Å². The zero-order valence-electron chi connectivity index (χ0n) is 21.5. The summed E-state index contributed by atoms with van der Waals surface area (Å²) < 4.78 is 16.9. The van der Waals surface area contributed by atoms with Crippen molar-refractivity contribution in [1.29, 1.82) is 0 Å². The number of carbonyl (C=O) groups is 3. The van der Waals surface area contributed by atoms with Crippen LogP contribution in [0.4, 0.5) is 0 Å². The van der Waals surface area contributed by atoms with Gasteiger partial charge in [0, 0.05) is 0 Å². The molecular weight excluding hydrogens is 508 g/mol. The van der Waals surface area contributed by atoms with E-state index in [0.717, 1.165) is 0 Å². The van der Waals surface area contributed by atoms with Crippen molar-refractivity contribution in [2.45, 2.75) is 32.9 Å². The van der Waals surface area contributed by atoms with E-state index in [9.17, 15) is 19.2 Å². The number of benzene rings is 2. The van der Waals surface area contributed by atoms with Gasteiger partial charge in [-0.1, -0.05) is 35.6 Å². The average Bonchev–Trinajstić information content (AvgIpc) is 3.21. The van der Waals surface area contributed by atoms with Crippen LogP contribution in [0.5, 0.6) is 0 Å². The van der Waals surface area contributed by atoms with Crippen molar-refractivity contribution in [3.63, 3.8) is 0 Å². The molecule has 0 bridgehead atoms. The maximum atomic E-state index is 13.7. The fraction of sp³-hybridized carbons (Fsp3) is 0.250. The first kappa shape index (κ1) is 26.7. The van der Waals surface area contributed by atoms with Crippen LogP contribution in [0.15, 0.2) is 69.6 Å². The fourth-order valence-electron chi connectivity index (χ4n) is 4.08. The molecule has 0 aliphatic carbocycles. The van der Waals surface area contributed by atoms with Crippen LogP contribution < -0.4 is 14.9 Å². The molecule has 196 valence electrons. The Hall–Kier alpha value is -4.31. The highest BCUT2D eigenvalue weighted by Crippen LogP contribution is 2.31. The van der Waals surface area contributed by atoms with Crippen molar-refractivity contribution >= 4 is 35.3 Å². The van der Waals surface area contributed by atoms with Gasteiger partial charge in [0.25, 0.3) is 5.56 Å². The molecule has 1 aliphatic heterocycles. The van der Waals surface area contributed by atoms with Crippen LogP contribution in [0.25, 0.3) is 6.08 Å². The number of fused-ring (bicyclic) bond motifs is 1. The second-order valence-electron chi connectivity index (χ2n) is 8.76. The van der Waals surface area contributed by atoms with Crippen molar-refractivity contribution in [3.05, 3.63) is 102 Å². The van der Waals surface area contributed by atoms with Gasteiger partial charge in [0.1, 0.15) is 0 Å². The normalized spacial score (nSPS) is 15.1. The van der Waals surface area contributed by atoms with E-state index in [4.69, 9.17) is 14.2 Å². The predicted octanol–water partition coefficient (Wildman–Crippen LogP) is 2.76. The Morgan fingerprint density at radius 2 is 1.47 bits per heavy atom. The van der Waals surface area contributed by atoms with Gasteiger partial charge in [-0.2, -0.15) is 0 Å². The van der Waals surface area contributed by atoms with Crippen LogP contribution in [0, 0.1) is 0 Å². The predicted molar refractivity (Wildman–Crippen MR) is 141 cm³/mol. The molecule has 38 heavy (non-hydrogen) atoms. The number of allylic oxidation sites excluding steroid dienone is 1.